The number of rotatable bonds is 4. The van der Waals surface area contributed by atoms with Gasteiger partial charge in [-0.2, -0.15) is 0 Å². The molecule has 1 aliphatic heterocycles. The standard InChI is InChI=1S/C28H25N3O4S/c1-28(2,3)17-11-12-19-21(14-17)36-27(30-19)31-23(16-8-7-13-29-15-16)22(25(33)26(31)34)24(32)18-9-5-6-10-20(18)35-4/h5-15,23,32H,1-4H3/b24-22+. The van der Waals surface area contributed by atoms with Gasteiger partial charge in [-0.15, -0.1) is 0 Å². The molecule has 182 valence electrons. The Bertz CT molecular complexity index is 1520. The summed E-state index contributed by atoms with van der Waals surface area (Å²) >= 11 is 1.34. The number of Topliss-reactive ketones (excluding diaryl/α,β-unsaturated/α-hetero) is 1. The summed E-state index contributed by atoms with van der Waals surface area (Å²) < 4.78 is 6.30. The Morgan fingerprint density at radius 2 is 1.86 bits per heavy atom. The molecule has 4 aromatic rings. The Balaban J connectivity index is 1.71. The van der Waals surface area contributed by atoms with Crippen molar-refractivity contribution in [2.45, 2.75) is 32.2 Å². The third kappa shape index (κ3) is 3.93. The second kappa shape index (κ2) is 8.87. The lowest BCUT2D eigenvalue weighted by atomic mass is 9.87. The Kier molecular flexibility index (Phi) is 5.84. The average Bonchev–Trinajstić information content (AvgIpc) is 3.41. The normalized spacial score (nSPS) is 17.7. The number of amides is 1. The topological polar surface area (TPSA) is 92.6 Å². The molecule has 8 heteroatoms. The Hall–Kier alpha value is -4.04. The minimum Gasteiger partial charge on any atom is -0.507 e. The Morgan fingerprint density at radius 1 is 1.08 bits per heavy atom. The van der Waals surface area contributed by atoms with Crippen molar-refractivity contribution in [2.75, 3.05) is 12.0 Å². The van der Waals surface area contributed by atoms with E-state index in [1.54, 1.807) is 48.8 Å². The number of benzene rings is 2. The summed E-state index contributed by atoms with van der Waals surface area (Å²) in [5.41, 5.74) is 2.71. The third-order valence-electron chi connectivity index (χ3n) is 6.26. The third-order valence-corrected chi connectivity index (χ3v) is 7.27. The molecular formula is C28H25N3O4S. The van der Waals surface area contributed by atoms with Crippen LogP contribution in [0, 0.1) is 0 Å². The van der Waals surface area contributed by atoms with Crippen LogP contribution in [0.3, 0.4) is 0 Å². The number of ketones is 1. The molecule has 1 amide bonds. The van der Waals surface area contributed by atoms with Crippen LogP contribution in [0.4, 0.5) is 5.13 Å². The van der Waals surface area contributed by atoms with E-state index in [1.165, 1.54) is 23.3 Å². The number of carbonyl (C=O) groups is 2. The Labute approximate surface area is 212 Å². The molecule has 2 aromatic carbocycles. The summed E-state index contributed by atoms with van der Waals surface area (Å²) in [6.45, 7) is 6.40. The number of hydrogen-bond donors (Lipinski definition) is 1. The predicted molar refractivity (Wildman–Crippen MR) is 140 cm³/mol. The van der Waals surface area contributed by atoms with Gasteiger partial charge in [-0.25, -0.2) is 4.98 Å². The largest absolute Gasteiger partial charge is 0.507 e. The number of pyridine rings is 1. The molecule has 1 N–H and O–H groups in total. The molecule has 0 aliphatic carbocycles. The summed E-state index contributed by atoms with van der Waals surface area (Å²) in [7, 11) is 1.48. The number of anilines is 1. The molecule has 0 saturated carbocycles. The lowest BCUT2D eigenvalue weighted by Gasteiger charge is -2.22. The molecule has 3 heterocycles. The molecule has 1 unspecified atom stereocenters. The van der Waals surface area contributed by atoms with E-state index in [-0.39, 0.29) is 16.7 Å². The molecule has 1 saturated heterocycles. The van der Waals surface area contributed by atoms with Crippen molar-refractivity contribution in [1.29, 1.82) is 0 Å². The molecule has 0 radical (unpaired) electrons. The van der Waals surface area contributed by atoms with Gasteiger partial charge < -0.3 is 9.84 Å². The van der Waals surface area contributed by atoms with Crippen LogP contribution in [0.1, 0.15) is 43.5 Å². The second-order valence-corrected chi connectivity index (χ2v) is 10.6. The van der Waals surface area contributed by atoms with Crippen molar-refractivity contribution in [2.24, 2.45) is 0 Å². The van der Waals surface area contributed by atoms with Crippen LogP contribution in [-0.2, 0) is 15.0 Å². The van der Waals surface area contributed by atoms with Crippen molar-refractivity contribution in [3.05, 3.63) is 89.3 Å². The number of ether oxygens (including phenoxy) is 1. The summed E-state index contributed by atoms with van der Waals surface area (Å²) in [6.07, 6.45) is 3.20. The van der Waals surface area contributed by atoms with E-state index in [2.05, 4.69) is 31.8 Å². The van der Waals surface area contributed by atoms with Crippen LogP contribution in [-0.4, -0.2) is 33.9 Å². The second-order valence-electron chi connectivity index (χ2n) is 9.58. The van der Waals surface area contributed by atoms with E-state index in [1.807, 2.05) is 12.1 Å². The first-order valence-electron chi connectivity index (χ1n) is 11.5. The number of para-hydroxylation sites is 1. The number of aliphatic hydroxyl groups is 1. The highest BCUT2D eigenvalue weighted by Crippen LogP contribution is 2.45. The van der Waals surface area contributed by atoms with Gasteiger partial charge in [-0.3, -0.25) is 19.5 Å². The smallest absolute Gasteiger partial charge is 0.301 e. The highest BCUT2D eigenvalue weighted by Gasteiger charge is 2.48. The van der Waals surface area contributed by atoms with Crippen molar-refractivity contribution in [3.8, 4) is 5.75 Å². The zero-order chi connectivity index (χ0) is 25.6. The molecule has 2 aromatic heterocycles. The van der Waals surface area contributed by atoms with Crippen LogP contribution in [0.25, 0.3) is 16.0 Å². The fraction of sp³-hybridized carbons (Fsp3) is 0.214. The van der Waals surface area contributed by atoms with Gasteiger partial charge in [0.05, 0.1) is 34.5 Å². The molecule has 1 atom stereocenters. The van der Waals surface area contributed by atoms with Gasteiger partial charge in [0, 0.05) is 12.4 Å². The fourth-order valence-electron chi connectivity index (χ4n) is 4.35. The van der Waals surface area contributed by atoms with Crippen molar-refractivity contribution in [1.82, 2.24) is 9.97 Å². The van der Waals surface area contributed by atoms with Gasteiger partial charge in [0.1, 0.15) is 11.5 Å². The first kappa shape index (κ1) is 23.7. The van der Waals surface area contributed by atoms with Crippen LogP contribution in [0.15, 0.2) is 72.6 Å². The highest BCUT2D eigenvalue weighted by molar-refractivity contribution is 7.22. The van der Waals surface area contributed by atoms with E-state index in [0.29, 0.717) is 22.0 Å². The molecular weight excluding hydrogens is 474 g/mol. The number of thiazole rings is 1. The van der Waals surface area contributed by atoms with Gasteiger partial charge in [-0.1, -0.05) is 56.4 Å². The Morgan fingerprint density at radius 3 is 2.56 bits per heavy atom. The number of aliphatic hydroxyl groups excluding tert-OH is 1. The first-order valence-corrected chi connectivity index (χ1v) is 12.3. The monoisotopic (exact) mass is 499 g/mol. The number of hydrogen-bond acceptors (Lipinski definition) is 7. The number of fused-ring (bicyclic) bond motifs is 1. The van der Waals surface area contributed by atoms with E-state index in [0.717, 1.165) is 15.8 Å². The van der Waals surface area contributed by atoms with Crippen LogP contribution < -0.4 is 9.64 Å². The van der Waals surface area contributed by atoms with Crippen molar-refractivity contribution < 1.29 is 19.4 Å². The van der Waals surface area contributed by atoms with Gasteiger partial charge in [-0.05, 0) is 46.9 Å². The van der Waals surface area contributed by atoms with Gasteiger partial charge in [0.25, 0.3) is 5.78 Å². The van der Waals surface area contributed by atoms with E-state index >= 15 is 0 Å². The molecule has 36 heavy (non-hydrogen) atoms. The first-order chi connectivity index (χ1) is 17.2. The van der Waals surface area contributed by atoms with E-state index in [4.69, 9.17) is 9.72 Å². The van der Waals surface area contributed by atoms with E-state index < -0.39 is 17.7 Å². The number of nitrogens with zero attached hydrogens (tertiary/aromatic N) is 3. The average molecular weight is 500 g/mol. The highest BCUT2D eigenvalue weighted by atomic mass is 32.1. The van der Waals surface area contributed by atoms with Crippen molar-refractivity contribution >= 4 is 44.1 Å². The predicted octanol–water partition coefficient (Wildman–Crippen LogP) is 5.62. The maximum Gasteiger partial charge on any atom is 0.301 e. The maximum absolute atomic E-state index is 13.4. The number of methoxy groups -OCH3 is 1. The molecule has 1 fully saturated rings. The molecule has 1 aliphatic rings. The maximum atomic E-state index is 13.4. The van der Waals surface area contributed by atoms with E-state index in [9.17, 15) is 14.7 Å². The summed E-state index contributed by atoms with van der Waals surface area (Å²) in [4.78, 5) is 37.1. The lowest BCUT2D eigenvalue weighted by Crippen LogP contribution is -2.29. The minimum absolute atomic E-state index is 0.0351. The van der Waals surface area contributed by atoms with Gasteiger partial charge >= 0.3 is 5.91 Å². The summed E-state index contributed by atoms with van der Waals surface area (Å²) in [5.74, 6) is -1.46. The summed E-state index contributed by atoms with van der Waals surface area (Å²) in [5, 5.41) is 11.7. The van der Waals surface area contributed by atoms with Gasteiger partial charge in [0.2, 0.25) is 0 Å². The number of aromatic nitrogens is 2. The van der Waals surface area contributed by atoms with Crippen LogP contribution >= 0.6 is 11.3 Å². The zero-order valence-electron chi connectivity index (χ0n) is 20.4. The molecule has 0 spiro atoms. The fourth-order valence-corrected chi connectivity index (χ4v) is 5.38. The minimum atomic E-state index is -0.897. The molecule has 5 rings (SSSR count). The van der Waals surface area contributed by atoms with Crippen LogP contribution in [0.5, 0.6) is 5.75 Å². The number of carbonyl (C=O) groups excluding carboxylic acids is 2. The lowest BCUT2D eigenvalue weighted by molar-refractivity contribution is -0.132. The molecule has 0 bridgehead atoms. The van der Waals surface area contributed by atoms with Crippen LogP contribution in [0.2, 0.25) is 0 Å². The quantitative estimate of drug-likeness (QED) is 0.222. The SMILES string of the molecule is COc1ccccc1/C(O)=C1\C(=O)C(=O)N(c2nc3ccc(C(C)(C)C)cc3s2)C1c1cccnc1. The zero-order valence-corrected chi connectivity index (χ0v) is 21.2. The van der Waals surface area contributed by atoms with Gasteiger partial charge in [0.15, 0.2) is 5.13 Å². The summed E-state index contributed by atoms with van der Waals surface area (Å²) in [6, 6.07) is 15.5. The van der Waals surface area contributed by atoms with Crippen molar-refractivity contribution in [3.63, 3.8) is 0 Å². The molecule has 7 nitrogen and oxygen atoms in total.